The molecule has 84 valence electrons. The smallest absolute Gasteiger partial charge is 0.191 e. The fourth-order valence-electron chi connectivity index (χ4n) is 1.40. The highest BCUT2D eigenvalue weighted by Crippen LogP contribution is 2.00. The average Bonchev–Trinajstić information content (AvgIpc) is 2.39. The van der Waals surface area contributed by atoms with Crippen LogP contribution in [0.2, 0.25) is 0 Å². The van der Waals surface area contributed by atoms with Crippen LogP contribution in [0.15, 0.2) is 60.9 Å². The Hall–Kier alpha value is -2.42. The molecule has 0 aliphatic carbocycles. The number of nitrogens with two attached hydrogens (primary N) is 1. The molecule has 0 bridgehead atoms. The van der Waals surface area contributed by atoms with E-state index in [-0.39, 0.29) is 5.78 Å². The van der Waals surface area contributed by atoms with Gasteiger partial charge in [0, 0.05) is 23.4 Å². The maximum atomic E-state index is 11.8. The zero-order valence-corrected chi connectivity index (χ0v) is 9.28. The van der Waals surface area contributed by atoms with Gasteiger partial charge in [0.25, 0.3) is 0 Å². The lowest BCUT2D eigenvalue weighted by molar-refractivity contribution is -0.568. The number of aromatic nitrogens is 1. The normalized spacial score (nSPS) is 10.6. The average molecular weight is 225 g/mol. The highest BCUT2D eigenvalue weighted by Gasteiger charge is 2.01. The van der Waals surface area contributed by atoms with Crippen molar-refractivity contribution in [3.05, 3.63) is 66.5 Å². The van der Waals surface area contributed by atoms with Crippen molar-refractivity contribution in [3.63, 3.8) is 0 Å². The van der Waals surface area contributed by atoms with Crippen LogP contribution in [0.5, 0.6) is 0 Å². The second-order valence-electron chi connectivity index (χ2n) is 3.62. The number of rotatable bonds is 3. The van der Waals surface area contributed by atoms with Gasteiger partial charge in [0.05, 0.1) is 6.08 Å². The van der Waals surface area contributed by atoms with Crippen molar-refractivity contribution < 1.29 is 9.36 Å². The molecule has 3 heteroatoms. The second-order valence-corrected chi connectivity index (χ2v) is 3.62. The molecule has 0 fully saturated rings. The predicted molar refractivity (Wildman–Crippen MR) is 67.2 cm³/mol. The maximum Gasteiger partial charge on any atom is 0.191 e. The van der Waals surface area contributed by atoms with Gasteiger partial charge in [-0.05, 0) is 0 Å². The van der Waals surface area contributed by atoms with Crippen molar-refractivity contribution in [1.82, 2.24) is 0 Å². The van der Waals surface area contributed by atoms with E-state index in [2.05, 4.69) is 0 Å². The first-order valence-corrected chi connectivity index (χ1v) is 5.29. The summed E-state index contributed by atoms with van der Waals surface area (Å²) in [5, 5.41) is 0. The summed E-state index contributed by atoms with van der Waals surface area (Å²) >= 11 is 0. The van der Waals surface area contributed by atoms with Crippen molar-refractivity contribution in [2.45, 2.75) is 0 Å². The van der Waals surface area contributed by atoms with Crippen LogP contribution >= 0.6 is 0 Å². The molecule has 0 spiro atoms. The predicted octanol–water partition coefficient (Wildman–Crippen LogP) is 1.91. The molecule has 1 heterocycles. The molecule has 0 atom stereocenters. The number of anilines is 1. The van der Waals surface area contributed by atoms with E-state index < -0.39 is 0 Å². The van der Waals surface area contributed by atoms with Gasteiger partial charge in [0.15, 0.2) is 24.4 Å². The Balaban J connectivity index is 2.11. The van der Waals surface area contributed by atoms with Crippen LogP contribution in [0.4, 0.5) is 5.69 Å². The largest absolute Gasteiger partial charge is 0.398 e. The van der Waals surface area contributed by atoms with Crippen LogP contribution in [0, 0.1) is 0 Å². The van der Waals surface area contributed by atoms with Gasteiger partial charge in [-0.3, -0.25) is 4.79 Å². The molecule has 0 radical (unpaired) electrons. The van der Waals surface area contributed by atoms with E-state index in [0.29, 0.717) is 11.3 Å². The van der Waals surface area contributed by atoms with Gasteiger partial charge >= 0.3 is 0 Å². The van der Waals surface area contributed by atoms with E-state index in [4.69, 9.17) is 5.73 Å². The lowest BCUT2D eigenvalue weighted by Gasteiger charge is -1.92. The molecule has 2 N–H and O–H groups in total. The van der Waals surface area contributed by atoms with Crippen LogP contribution in [-0.2, 0) is 0 Å². The lowest BCUT2D eigenvalue weighted by Crippen LogP contribution is -2.24. The second kappa shape index (κ2) is 5.07. The molecule has 0 saturated heterocycles. The van der Waals surface area contributed by atoms with Gasteiger partial charge in [-0.25, -0.2) is 0 Å². The summed E-state index contributed by atoms with van der Waals surface area (Å²) < 4.78 is 1.78. The SMILES string of the molecule is Nc1cc[n+](C=CC(=O)c2ccccc2)cc1. The van der Waals surface area contributed by atoms with E-state index in [1.54, 1.807) is 47.4 Å². The topological polar surface area (TPSA) is 47.0 Å². The number of ketones is 1. The summed E-state index contributed by atoms with van der Waals surface area (Å²) in [4.78, 5) is 11.8. The molecule has 0 amide bonds. The molecule has 2 aromatic rings. The highest BCUT2D eigenvalue weighted by atomic mass is 16.1. The van der Waals surface area contributed by atoms with E-state index in [1.807, 2.05) is 18.2 Å². The summed E-state index contributed by atoms with van der Waals surface area (Å²) in [6.45, 7) is 0. The molecule has 0 unspecified atom stereocenters. The Morgan fingerprint density at radius 2 is 1.71 bits per heavy atom. The lowest BCUT2D eigenvalue weighted by atomic mass is 10.1. The number of allylic oxidation sites excluding steroid dienone is 1. The van der Waals surface area contributed by atoms with Gasteiger partial charge < -0.3 is 5.73 Å². The van der Waals surface area contributed by atoms with Crippen molar-refractivity contribution in [2.75, 3.05) is 5.73 Å². The first-order chi connectivity index (χ1) is 8.25. The molecule has 3 nitrogen and oxygen atoms in total. The Kier molecular flexibility index (Phi) is 3.31. The Bertz CT molecular complexity index is 530. The van der Waals surface area contributed by atoms with Crippen molar-refractivity contribution in [2.24, 2.45) is 0 Å². The van der Waals surface area contributed by atoms with E-state index in [9.17, 15) is 4.79 Å². The van der Waals surface area contributed by atoms with E-state index in [1.165, 1.54) is 6.08 Å². The third kappa shape index (κ3) is 3.01. The molecule has 0 saturated carbocycles. The minimum atomic E-state index is -0.0186. The third-order valence-corrected chi connectivity index (χ3v) is 2.33. The standard InChI is InChI=1S/C14H12N2O/c15-13-6-9-16(10-7-13)11-8-14(17)12-4-2-1-3-5-12/h1-11,15H/p+1. The number of carbonyl (C=O) groups is 1. The van der Waals surface area contributed by atoms with Crippen LogP contribution in [-0.4, -0.2) is 5.78 Å². The number of carbonyl (C=O) groups excluding carboxylic acids is 1. The quantitative estimate of drug-likeness (QED) is 0.492. The number of nitrogen functional groups attached to an aromatic ring is 1. The summed E-state index contributed by atoms with van der Waals surface area (Å²) in [5.41, 5.74) is 6.95. The third-order valence-electron chi connectivity index (χ3n) is 2.33. The van der Waals surface area contributed by atoms with E-state index in [0.717, 1.165) is 0 Å². The molecular weight excluding hydrogens is 212 g/mol. The molecule has 2 rings (SSSR count). The molecule has 17 heavy (non-hydrogen) atoms. The summed E-state index contributed by atoms with van der Waals surface area (Å²) in [6.07, 6.45) is 6.83. The van der Waals surface area contributed by atoms with Gasteiger partial charge in [-0.15, -0.1) is 0 Å². The molecule has 0 aliphatic rings. The number of hydrogen-bond donors (Lipinski definition) is 1. The number of pyridine rings is 1. The van der Waals surface area contributed by atoms with Gasteiger partial charge in [-0.1, -0.05) is 30.3 Å². The monoisotopic (exact) mass is 225 g/mol. The van der Waals surface area contributed by atoms with Crippen LogP contribution in [0.3, 0.4) is 0 Å². The van der Waals surface area contributed by atoms with Crippen LogP contribution in [0.1, 0.15) is 10.4 Å². The van der Waals surface area contributed by atoms with Crippen LogP contribution < -0.4 is 10.3 Å². The Morgan fingerprint density at radius 3 is 2.35 bits per heavy atom. The van der Waals surface area contributed by atoms with Gasteiger partial charge in [-0.2, -0.15) is 4.57 Å². The Labute approximate surface area is 99.8 Å². The highest BCUT2D eigenvalue weighted by molar-refractivity contribution is 6.05. The fraction of sp³-hybridized carbons (Fsp3) is 0. The number of hydrogen-bond acceptors (Lipinski definition) is 2. The maximum absolute atomic E-state index is 11.8. The zero-order chi connectivity index (χ0) is 12.1. The van der Waals surface area contributed by atoms with Crippen molar-refractivity contribution in [3.8, 4) is 0 Å². The van der Waals surface area contributed by atoms with Crippen molar-refractivity contribution in [1.29, 1.82) is 0 Å². The molecule has 1 aromatic carbocycles. The zero-order valence-electron chi connectivity index (χ0n) is 9.28. The fourth-order valence-corrected chi connectivity index (χ4v) is 1.40. The van der Waals surface area contributed by atoms with Gasteiger partial charge in [0.1, 0.15) is 0 Å². The molecular formula is C14H13N2O+. The minimum Gasteiger partial charge on any atom is -0.398 e. The van der Waals surface area contributed by atoms with Gasteiger partial charge in [0.2, 0.25) is 0 Å². The number of nitrogens with zero attached hydrogens (tertiary/aromatic N) is 1. The minimum absolute atomic E-state index is 0.0186. The van der Waals surface area contributed by atoms with E-state index >= 15 is 0 Å². The summed E-state index contributed by atoms with van der Waals surface area (Å²) in [5.74, 6) is -0.0186. The first-order valence-electron chi connectivity index (χ1n) is 5.29. The van der Waals surface area contributed by atoms with Crippen molar-refractivity contribution >= 4 is 17.7 Å². The molecule has 1 aromatic heterocycles. The Morgan fingerprint density at radius 1 is 1.06 bits per heavy atom. The first kappa shape index (κ1) is 11.1. The van der Waals surface area contributed by atoms with Crippen LogP contribution in [0.25, 0.3) is 6.20 Å². The summed E-state index contributed by atoms with van der Waals surface area (Å²) in [6, 6.07) is 12.7. The molecule has 0 aliphatic heterocycles. The number of benzene rings is 1. The summed E-state index contributed by atoms with van der Waals surface area (Å²) in [7, 11) is 0.